The lowest BCUT2D eigenvalue weighted by atomic mass is 10.2. The first-order chi connectivity index (χ1) is 9.69. The van der Waals surface area contributed by atoms with Crippen LogP contribution in [-0.4, -0.2) is 27.7 Å². The Bertz CT molecular complexity index is 781. The lowest BCUT2D eigenvalue weighted by Gasteiger charge is -2.03. The molecule has 0 radical (unpaired) electrons. The molecule has 3 aromatic rings. The summed E-state index contributed by atoms with van der Waals surface area (Å²) in [5, 5.41) is 8.28. The Hall–Kier alpha value is -1.96. The maximum absolute atomic E-state index is 11.6. The number of fused-ring (bicyclic) bond motifs is 1. The van der Waals surface area contributed by atoms with Gasteiger partial charge in [0.15, 0.2) is 11.5 Å². The maximum Gasteiger partial charge on any atom is 0.339 e. The van der Waals surface area contributed by atoms with Gasteiger partial charge in [-0.05, 0) is 46.9 Å². The lowest BCUT2D eigenvalue weighted by Crippen LogP contribution is -2.03. The quantitative estimate of drug-likeness (QED) is 0.508. The van der Waals surface area contributed by atoms with Gasteiger partial charge in [-0.2, -0.15) is 0 Å². The molecule has 0 aliphatic heterocycles. The third-order valence-electron chi connectivity index (χ3n) is 2.93. The number of methoxy groups -OCH3 is 1. The van der Waals surface area contributed by atoms with Crippen molar-refractivity contribution >= 4 is 34.2 Å². The number of carbonyl (C=O) groups excluding carboxylic acids is 1. The zero-order valence-electron chi connectivity index (χ0n) is 10.6. The van der Waals surface area contributed by atoms with Gasteiger partial charge in [-0.1, -0.05) is 12.1 Å². The second-order valence-electron chi connectivity index (χ2n) is 4.17. The number of esters is 1. The Morgan fingerprint density at radius 3 is 2.60 bits per heavy atom. The summed E-state index contributed by atoms with van der Waals surface area (Å²) in [6.07, 6.45) is 1.69. The van der Waals surface area contributed by atoms with E-state index in [4.69, 9.17) is 4.74 Å². The van der Waals surface area contributed by atoms with E-state index in [0.29, 0.717) is 17.0 Å². The molecule has 6 heteroatoms. The average molecular weight is 379 g/mol. The summed E-state index contributed by atoms with van der Waals surface area (Å²) in [5.41, 5.74) is 2.10. The second-order valence-corrected chi connectivity index (χ2v) is 5.41. The summed E-state index contributed by atoms with van der Waals surface area (Å²) >= 11 is 2.25. The van der Waals surface area contributed by atoms with Gasteiger partial charge in [0, 0.05) is 15.3 Å². The molecule has 0 saturated heterocycles. The van der Waals surface area contributed by atoms with Crippen LogP contribution in [0.4, 0.5) is 0 Å². The highest BCUT2D eigenvalue weighted by molar-refractivity contribution is 14.1. The number of halogens is 1. The molecule has 1 aromatic carbocycles. The monoisotopic (exact) mass is 379 g/mol. The molecule has 0 unspecified atom stereocenters. The third kappa shape index (κ3) is 2.26. The zero-order chi connectivity index (χ0) is 14.1. The topological polar surface area (TPSA) is 56.5 Å². The van der Waals surface area contributed by atoms with Crippen LogP contribution in [0.1, 0.15) is 10.4 Å². The second kappa shape index (κ2) is 5.20. The molecule has 0 bridgehead atoms. The van der Waals surface area contributed by atoms with E-state index in [1.54, 1.807) is 22.7 Å². The minimum Gasteiger partial charge on any atom is -0.465 e. The molecule has 3 rings (SSSR count). The normalized spacial score (nSPS) is 10.7. The van der Waals surface area contributed by atoms with Crippen molar-refractivity contribution in [2.24, 2.45) is 0 Å². The molecule has 2 aromatic heterocycles. The molecule has 0 fully saturated rings. The van der Waals surface area contributed by atoms with Crippen LogP contribution < -0.4 is 0 Å². The van der Waals surface area contributed by atoms with Crippen LogP contribution in [0.25, 0.3) is 17.0 Å². The van der Waals surface area contributed by atoms with Crippen molar-refractivity contribution < 1.29 is 9.53 Å². The van der Waals surface area contributed by atoms with E-state index in [2.05, 4.69) is 32.8 Å². The number of hydrogen-bond donors (Lipinski definition) is 0. The van der Waals surface area contributed by atoms with Gasteiger partial charge in [-0.25, -0.2) is 4.79 Å². The number of pyridine rings is 1. The molecular formula is C14H10IN3O2. The summed E-state index contributed by atoms with van der Waals surface area (Å²) in [4.78, 5) is 11.6. The lowest BCUT2D eigenvalue weighted by molar-refractivity contribution is 0.0600. The van der Waals surface area contributed by atoms with E-state index in [0.717, 1.165) is 9.13 Å². The fourth-order valence-electron chi connectivity index (χ4n) is 1.93. The van der Waals surface area contributed by atoms with Gasteiger partial charge in [-0.15, -0.1) is 10.2 Å². The van der Waals surface area contributed by atoms with Gasteiger partial charge in [0.1, 0.15) is 0 Å². The van der Waals surface area contributed by atoms with Crippen molar-refractivity contribution in [3.63, 3.8) is 0 Å². The molecule has 0 N–H and O–H groups in total. The van der Waals surface area contributed by atoms with Gasteiger partial charge >= 0.3 is 5.97 Å². The van der Waals surface area contributed by atoms with Crippen molar-refractivity contribution in [2.75, 3.05) is 7.11 Å². The first-order valence-electron chi connectivity index (χ1n) is 5.88. The van der Waals surface area contributed by atoms with Gasteiger partial charge in [0.25, 0.3) is 0 Å². The predicted octanol–water partition coefficient (Wildman–Crippen LogP) is 2.79. The van der Waals surface area contributed by atoms with Gasteiger partial charge in [0.2, 0.25) is 0 Å². The molecule has 0 saturated carbocycles. The first kappa shape index (κ1) is 13.0. The maximum atomic E-state index is 11.6. The largest absolute Gasteiger partial charge is 0.465 e. The number of aromatic nitrogens is 3. The van der Waals surface area contributed by atoms with E-state index >= 15 is 0 Å². The smallest absolute Gasteiger partial charge is 0.339 e. The standard InChI is InChI=1S/C14H10IN3O2/c1-20-14(19)10-4-7-12-16-17-13(18(12)8-10)9-2-5-11(15)6-3-9/h2-8H,1H3. The molecule has 0 spiro atoms. The summed E-state index contributed by atoms with van der Waals surface area (Å²) < 4.78 is 7.66. The summed E-state index contributed by atoms with van der Waals surface area (Å²) in [7, 11) is 1.36. The molecule has 0 atom stereocenters. The van der Waals surface area contributed by atoms with Crippen molar-refractivity contribution in [2.45, 2.75) is 0 Å². The van der Waals surface area contributed by atoms with Crippen LogP contribution in [0, 0.1) is 3.57 Å². The van der Waals surface area contributed by atoms with Crippen molar-refractivity contribution in [3.05, 3.63) is 51.7 Å². The predicted molar refractivity (Wildman–Crippen MR) is 82.5 cm³/mol. The van der Waals surface area contributed by atoms with Gasteiger partial charge in [-0.3, -0.25) is 4.40 Å². The summed E-state index contributed by atoms with van der Waals surface area (Å²) in [5.74, 6) is 0.316. The van der Waals surface area contributed by atoms with Gasteiger partial charge in [0.05, 0.1) is 12.7 Å². The molecule has 5 nitrogen and oxygen atoms in total. The third-order valence-corrected chi connectivity index (χ3v) is 3.65. The number of ether oxygens (including phenoxy) is 1. The Morgan fingerprint density at radius 1 is 1.15 bits per heavy atom. The van der Waals surface area contributed by atoms with Crippen molar-refractivity contribution in [1.82, 2.24) is 14.6 Å². The summed E-state index contributed by atoms with van der Waals surface area (Å²) in [6.45, 7) is 0. The average Bonchev–Trinajstić information content (AvgIpc) is 2.90. The highest BCUT2D eigenvalue weighted by atomic mass is 127. The van der Waals surface area contributed by atoms with Crippen LogP contribution in [0.3, 0.4) is 0 Å². The fraction of sp³-hybridized carbons (Fsp3) is 0.0714. The number of nitrogens with zero attached hydrogens (tertiary/aromatic N) is 3. The van der Waals surface area contributed by atoms with Crippen LogP contribution >= 0.6 is 22.6 Å². The van der Waals surface area contributed by atoms with E-state index in [-0.39, 0.29) is 5.97 Å². The molecule has 2 heterocycles. The molecular weight excluding hydrogens is 369 g/mol. The fourth-order valence-corrected chi connectivity index (χ4v) is 2.28. The Balaban J connectivity index is 2.16. The first-order valence-corrected chi connectivity index (χ1v) is 6.96. The Morgan fingerprint density at radius 2 is 1.90 bits per heavy atom. The number of hydrogen-bond acceptors (Lipinski definition) is 4. The summed E-state index contributed by atoms with van der Waals surface area (Å²) in [6, 6.07) is 11.4. The number of carbonyl (C=O) groups is 1. The van der Waals surface area contributed by atoms with Crippen LogP contribution in [0.5, 0.6) is 0 Å². The highest BCUT2D eigenvalue weighted by Gasteiger charge is 2.11. The Kier molecular flexibility index (Phi) is 3.39. The highest BCUT2D eigenvalue weighted by Crippen LogP contribution is 2.20. The van der Waals surface area contributed by atoms with E-state index in [9.17, 15) is 4.79 Å². The van der Waals surface area contributed by atoms with Crippen LogP contribution in [0.15, 0.2) is 42.6 Å². The Labute approximate surface area is 128 Å². The zero-order valence-corrected chi connectivity index (χ0v) is 12.7. The molecule has 0 aliphatic carbocycles. The van der Waals surface area contributed by atoms with E-state index < -0.39 is 0 Å². The molecule has 0 amide bonds. The van der Waals surface area contributed by atoms with E-state index in [1.807, 2.05) is 24.3 Å². The molecule has 0 aliphatic rings. The molecule has 100 valence electrons. The van der Waals surface area contributed by atoms with Crippen LogP contribution in [0.2, 0.25) is 0 Å². The van der Waals surface area contributed by atoms with E-state index in [1.165, 1.54) is 7.11 Å². The van der Waals surface area contributed by atoms with Crippen molar-refractivity contribution in [1.29, 1.82) is 0 Å². The minimum atomic E-state index is -0.380. The SMILES string of the molecule is COC(=O)c1ccc2nnc(-c3ccc(I)cc3)n2c1. The van der Waals surface area contributed by atoms with Crippen molar-refractivity contribution in [3.8, 4) is 11.4 Å². The molecule has 20 heavy (non-hydrogen) atoms. The van der Waals surface area contributed by atoms with Gasteiger partial charge < -0.3 is 4.74 Å². The number of benzene rings is 1. The number of rotatable bonds is 2. The minimum absolute atomic E-state index is 0.380. The van der Waals surface area contributed by atoms with Crippen LogP contribution in [-0.2, 0) is 4.74 Å².